The van der Waals surface area contributed by atoms with Crippen LogP contribution < -0.4 is 5.69 Å². The number of carbonyl (C=O) groups is 2. The van der Waals surface area contributed by atoms with Crippen LogP contribution in [0.15, 0.2) is 53.6 Å². The van der Waals surface area contributed by atoms with Crippen molar-refractivity contribution in [3.8, 4) is 5.69 Å². The summed E-state index contributed by atoms with van der Waals surface area (Å²) in [5.74, 6) is -0.357. The van der Waals surface area contributed by atoms with E-state index in [1.54, 1.807) is 37.4 Å². The van der Waals surface area contributed by atoms with Gasteiger partial charge in [0.05, 0.1) is 10.7 Å². The van der Waals surface area contributed by atoms with Gasteiger partial charge in [0.1, 0.15) is 18.5 Å². The molecule has 3 aromatic rings. The van der Waals surface area contributed by atoms with Crippen molar-refractivity contribution in [1.82, 2.24) is 19.2 Å². The van der Waals surface area contributed by atoms with Crippen molar-refractivity contribution >= 4 is 35.1 Å². The summed E-state index contributed by atoms with van der Waals surface area (Å²) in [7, 11) is 1.65. The van der Waals surface area contributed by atoms with Crippen LogP contribution in [0.1, 0.15) is 36.7 Å². The highest BCUT2D eigenvalue weighted by molar-refractivity contribution is 6.36. The average molecular weight is 491 g/mol. The molecule has 0 aliphatic rings. The van der Waals surface area contributed by atoms with Gasteiger partial charge in [-0.25, -0.2) is 18.8 Å². The van der Waals surface area contributed by atoms with Crippen LogP contribution in [0.2, 0.25) is 10.0 Å². The quantitative estimate of drug-likeness (QED) is 0.471. The molecule has 3 rings (SSSR count). The third kappa shape index (κ3) is 6.24. The Balaban J connectivity index is 1.70. The first kappa shape index (κ1) is 24.5. The zero-order chi connectivity index (χ0) is 24.3. The number of ketones is 1. The molecule has 1 heterocycles. The number of benzene rings is 2. The van der Waals surface area contributed by atoms with Crippen molar-refractivity contribution < 1.29 is 14.3 Å². The summed E-state index contributed by atoms with van der Waals surface area (Å²) in [6.07, 6.45) is 0.926. The minimum atomic E-state index is -0.573. The third-order valence-electron chi connectivity index (χ3n) is 4.60. The van der Waals surface area contributed by atoms with Crippen LogP contribution in [-0.2, 0) is 17.8 Å². The van der Waals surface area contributed by atoms with Gasteiger partial charge in [0.15, 0.2) is 5.78 Å². The van der Waals surface area contributed by atoms with Crippen molar-refractivity contribution in [2.75, 3.05) is 7.05 Å². The largest absolute Gasteiger partial charge is 0.444 e. The predicted molar refractivity (Wildman–Crippen MR) is 126 cm³/mol. The molecule has 0 saturated carbocycles. The molecule has 0 spiro atoms. The van der Waals surface area contributed by atoms with Crippen molar-refractivity contribution in [2.45, 2.75) is 39.5 Å². The Morgan fingerprint density at radius 1 is 1.09 bits per heavy atom. The monoisotopic (exact) mass is 490 g/mol. The van der Waals surface area contributed by atoms with Gasteiger partial charge in [0.2, 0.25) is 0 Å². The lowest BCUT2D eigenvalue weighted by molar-refractivity contribution is 0.0285. The third-order valence-corrected chi connectivity index (χ3v) is 5.15. The van der Waals surface area contributed by atoms with Crippen molar-refractivity contribution in [3.63, 3.8) is 0 Å². The minimum Gasteiger partial charge on any atom is -0.444 e. The smallest absolute Gasteiger partial charge is 0.410 e. The molecule has 0 bridgehead atoms. The Labute approximate surface area is 201 Å². The first-order valence-corrected chi connectivity index (χ1v) is 10.9. The minimum absolute atomic E-state index is 0.215. The zero-order valence-corrected chi connectivity index (χ0v) is 20.2. The molecule has 174 valence electrons. The van der Waals surface area contributed by atoms with Crippen LogP contribution in [0.5, 0.6) is 0 Å². The molecule has 0 atom stereocenters. The van der Waals surface area contributed by atoms with E-state index in [1.165, 1.54) is 27.9 Å². The molecule has 0 N–H and O–H groups in total. The molecule has 2 aromatic carbocycles. The fourth-order valence-corrected chi connectivity index (χ4v) is 3.51. The number of hydrogen-bond acceptors (Lipinski definition) is 5. The van der Waals surface area contributed by atoms with Crippen molar-refractivity contribution in [2.24, 2.45) is 0 Å². The van der Waals surface area contributed by atoms with Gasteiger partial charge in [0, 0.05) is 24.2 Å². The normalized spacial score (nSPS) is 11.3. The second kappa shape index (κ2) is 9.80. The maximum Gasteiger partial charge on any atom is 0.410 e. The molecule has 0 unspecified atom stereocenters. The predicted octanol–water partition coefficient (Wildman–Crippen LogP) is 4.59. The molecule has 0 aliphatic carbocycles. The highest BCUT2D eigenvalue weighted by atomic mass is 35.5. The first-order valence-electron chi connectivity index (χ1n) is 10.1. The van der Waals surface area contributed by atoms with Crippen molar-refractivity contribution in [1.29, 1.82) is 0 Å². The van der Waals surface area contributed by atoms with Gasteiger partial charge in [-0.05, 0) is 56.7 Å². The number of amides is 1. The van der Waals surface area contributed by atoms with Crippen LogP contribution in [0.4, 0.5) is 4.79 Å². The van der Waals surface area contributed by atoms with Gasteiger partial charge in [-0.1, -0.05) is 35.3 Å². The second-order valence-electron chi connectivity index (χ2n) is 8.49. The number of halogens is 2. The highest BCUT2D eigenvalue weighted by Gasteiger charge is 2.20. The fraction of sp³-hybridized carbons (Fsp3) is 0.304. The maximum atomic E-state index is 12.7. The summed E-state index contributed by atoms with van der Waals surface area (Å²) in [5.41, 5.74) is 0.664. The molecule has 0 fully saturated rings. The standard InChI is InChI=1S/C23H24Cl2N4O4/c1-23(2,3)33-22(32)27(4)12-15-5-8-17(9-6-15)28-14-26-29(21(28)31)13-20(30)18-10-7-16(24)11-19(18)25/h5-11,14H,12-13H2,1-4H3. The average Bonchev–Trinajstić information content (AvgIpc) is 3.07. The van der Waals surface area contributed by atoms with E-state index in [4.69, 9.17) is 27.9 Å². The Kier molecular flexibility index (Phi) is 7.29. The van der Waals surface area contributed by atoms with Gasteiger partial charge in [0.25, 0.3) is 0 Å². The van der Waals surface area contributed by atoms with E-state index in [9.17, 15) is 14.4 Å². The van der Waals surface area contributed by atoms with E-state index >= 15 is 0 Å². The number of nitrogens with zero attached hydrogens (tertiary/aromatic N) is 4. The van der Waals surface area contributed by atoms with Gasteiger partial charge >= 0.3 is 11.8 Å². The molecular weight excluding hydrogens is 467 g/mol. The van der Waals surface area contributed by atoms with Crippen LogP contribution in [0.3, 0.4) is 0 Å². The van der Waals surface area contributed by atoms with E-state index in [0.717, 1.165) is 10.2 Å². The topological polar surface area (TPSA) is 86.4 Å². The Bertz CT molecular complexity index is 1230. The number of Topliss-reactive ketones (excluding diaryl/α,β-unsaturated/α-hetero) is 1. The van der Waals surface area contributed by atoms with Gasteiger partial charge in [-0.15, -0.1) is 0 Å². The van der Waals surface area contributed by atoms with Gasteiger partial charge < -0.3 is 9.64 Å². The number of ether oxygens (including phenoxy) is 1. The van der Waals surface area contributed by atoms with Crippen LogP contribution in [0.25, 0.3) is 5.69 Å². The molecule has 0 saturated heterocycles. The molecule has 1 amide bonds. The summed E-state index contributed by atoms with van der Waals surface area (Å²) >= 11 is 11.9. The number of aromatic nitrogens is 3. The fourth-order valence-electron chi connectivity index (χ4n) is 3.00. The SMILES string of the molecule is CN(Cc1ccc(-n2cnn(CC(=O)c3ccc(Cl)cc3Cl)c2=O)cc1)C(=O)OC(C)(C)C. The van der Waals surface area contributed by atoms with Crippen molar-refractivity contribution in [3.05, 3.63) is 80.4 Å². The number of carbonyl (C=O) groups excluding carboxylic acids is 2. The molecule has 8 nitrogen and oxygen atoms in total. The van der Waals surface area contributed by atoms with Crippen LogP contribution in [0, 0.1) is 0 Å². The molecule has 0 aliphatic heterocycles. The Hall–Kier alpha value is -3.10. The number of hydrogen-bond donors (Lipinski definition) is 0. The second-order valence-corrected chi connectivity index (χ2v) is 9.33. The van der Waals surface area contributed by atoms with E-state index in [-0.39, 0.29) is 22.9 Å². The summed E-state index contributed by atoms with van der Waals surface area (Å²) in [6.45, 7) is 5.51. The lowest BCUT2D eigenvalue weighted by Crippen LogP contribution is -2.33. The molecule has 1 aromatic heterocycles. The van der Waals surface area contributed by atoms with Gasteiger partial charge in [-0.3, -0.25) is 4.79 Å². The van der Waals surface area contributed by atoms with E-state index in [2.05, 4.69) is 5.10 Å². The zero-order valence-electron chi connectivity index (χ0n) is 18.7. The Morgan fingerprint density at radius 2 is 1.76 bits per heavy atom. The molecular formula is C23H24Cl2N4O4. The summed E-state index contributed by atoms with van der Waals surface area (Å²) in [6, 6.07) is 11.6. The number of rotatable bonds is 6. The maximum absolute atomic E-state index is 12.7. The first-order chi connectivity index (χ1) is 15.4. The summed E-state index contributed by atoms with van der Waals surface area (Å²) in [4.78, 5) is 38.9. The molecule has 0 radical (unpaired) electrons. The summed E-state index contributed by atoms with van der Waals surface area (Å²) < 4.78 is 7.75. The van der Waals surface area contributed by atoms with Gasteiger partial charge in [-0.2, -0.15) is 5.10 Å². The van der Waals surface area contributed by atoms with Crippen LogP contribution in [-0.4, -0.2) is 43.8 Å². The van der Waals surface area contributed by atoms with Crippen LogP contribution >= 0.6 is 23.2 Å². The molecule has 10 heteroatoms. The van der Waals surface area contributed by atoms with E-state index in [0.29, 0.717) is 17.3 Å². The lowest BCUT2D eigenvalue weighted by Gasteiger charge is -2.24. The molecule has 33 heavy (non-hydrogen) atoms. The Morgan fingerprint density at radius 3 is 2.36 bits per heavy atom. The lowest BCUT2D eigenvalue weighted by atomic mass is 10.1. The summed E-state index contributed by atoms with van der Waals surface area (Å²) in [5, 5.41) is 4.67. The van der Waals surface area contributed by atoms with E-state index < -0.39 is 17.4 Å². The highest BCUT2D eigenvalue weighted by Crippen LogP contribution is 2.21. The van der Waals surface area contributed by atoms with E-state index in [1.807, 2.05) is 20.8 Å².